The molecular formula is C10H21NO3. The smallest absolute Gasteiger partial charge is 0.0700 e. The van der Waals surface area contributed by atoms with Gasteiger partial charge in [-0.1, -0.05) is 0 Å². The highest BCUT2D eigenvalue weighted by Crippen LogP contribution is 2.20. The van der Waals surface area contributed by atoms with Crippen LogP contribution in [0.5, 0.6) is 0 Å². The van der Waals surface area contributed by atoms with E-state index < -0.39 is 0 Å². The van der Waals surface area contributed by atoms with Crippen molar-refractivity contribution in [3.05, 3.63) is 0 Å². The van der Waals surface area contributed by atoms with Crippen LogP contribution in [0, 0.1) is 0 Å². The first-order valence-corrected chi connectivity index (χ1v) is 5.26. The maximum atomic E-state index is 5.64. The van der Waals surface area contributed by atoms with E-state index in [1.807, 2.05) is 0 Å². The fourth-order valence-corrected chi connectivity index (χ4v) is 1.40. The molecule has 0 aromatic heterocycles. The standard InChI is InChI=1S/C10H21NO3/c1-12-5-6-13-3-2-4-14-10-7-9(11)8-10/h9-10H,2-8,11H2,1H3. The van der Waals surface area contributed by atoms with E-state index in [4.69, 9.17) is 19.9 Å². The van der Waals surface area contributed by atoms with Gasteiger partial charge in [-0.2, -0.15) is 0 Å². The Balaban J connectivity index is 1.72. The molecule has 1 aliphatic carbocycles. The highest BCUT2D eigenvalue weighted by molar-refractivity contribution is 4.82. The van der Waals surface area contributed by atoms with Crippen LogP contribution in [-0.4, -0.2) is 45.7 Å². The SMILES string of the molecule is COCCOCCCOC1CC(N)C1. The lowest BCUT2D eigenvalue weighted by Crippen LogP contribution is -2.41. The summed E-state index contributed by atoms with van der Waals surface area (Å²) < 4.78 is 15.7. The summed E-state index contributed by atoms with van der Waals surface area (Å²) in [7, 11) is 1.67. The highest BCUT2D eigenvalue weighted by Gasteiger charge is 2.25. The molecule has 0 saturated heterocycles. The van der Waals surface area contributed by atoms with Crippen LogP contribution in [0.1, 0.15) is 19.3 Å². The fraction of sp³-hybridized carbons (Fsp3) is 1.00. The third kappa shape index (κ3) is 4.91. The first-order valence-electron chi connectivity index (χ1n) is 5.26. The van der Waals surface area contributed by atoms with E-state index >= 15 is 0 Å². The van der Waals surface area contributed by atoms with E-state index in [2.05, 4.69) is 0 Å². The number of ether oxygens (including phenoxy) is 3. The molecule has 0 unspecified atom stereocenters. The summed E-state index contributed by atoms with van der Waals surface area (Å²) in [4.78, 5) is 0. The van der Waals surface area contributed by atoms with Gasteiger partial charge in [0.15, 0.2) is 0 Å². The van der Waals surface area contributed by atoms with Crippen LogP contribution in [0.15, 0.2) is 0 Å². The molecule has 0 radical (unpaired) electrons. The van der Waals surface area contributed by atoms with Crippen LogP contribution in [0.25, 0.3) is 0 Å². The molecule has 1 aliphatic rings. The number of nitrogens with two attached hydrogens (primary N) is 1. The number of rotatable bonds is 8. The van der Waals surface area contributed by atoms with Crippen molar-refractivity contribution in [2.75, 3.05) is 33.5 Å². The highest BCUT2D eigenvalue weighted by atomic mass is 16.5. The third-order valence-corrected chi connectivity index (χ3v) is 2.35. The van der Waals surface area contributed by atoms with Gasteiger partial charge in [0.05, 0.1) is 19.3 Å². The number of methoxy groups -OCH3 is 1. The molecule has 0 aromatic carbocycles. The van der Waals surface area contributed by atoms with Gasteiger partial charge < -0.3 is 19.9 Å². The minimum atomic E-state index is 0.373. The second kappa shape index (κ2) is 7.17. The summed E-state index contributed by atoms with van der Waals surface area (Å²) in [6.45, 7) is 2.87. The molecule has 1 rings (SSSR count). The van der Waals surface area contributed by atoms with E-state index in [9.17, 15) is 0 Å². The van der Waals surface area contributed by atoms with Gasteiger partial charge in [0.2, 0.25) is 0 Å². The summed E-state index contributed by atoms with van der Waals surface area (Å²) >= 11 is 0. The first kappa shape index (κ1) is 11.9. The van der Waals surface area contributed by atoms with Gasteiger partial charge >= 0.3 is 0 Å². The minimum absolute atomic E-state index is 0.373. The lowest BCUT2D eigenvalue weighted by atomic mass is 9.90. The Kier molecular flexibility index (Phi) is 6.10. The van der Waals surface area contributed by atoms with Crippen molar-refractivity contribution in [3.63, 3.8) is 0 Å². The van der Waals surface area contributed by atoms with Crippen LogP contribution in [0.4, 0.5) is 0 Å². The fourth-order valence-electron chi connectivity index (χ4n) is 1.40. The Morgan fingerprint density at radius 2 is 1.93 bits per heavy atom. The van der Waals surface area contributed by atoms with Gasteiger partial charge in [-0.15, -0.1) is 0 Å². The van der Waals surface area contributed by atoms with E-state index in [-0.39, 0.29) is 0 Å². The summed E-state index contributed by atoms with van der Waals surface area (Å²) in [5.74, 6) is 0. The first-order chi connectivity index (χ1) is 6.83. The summed E-state index contributed by atoms with van der Waals surface area (Å²) in [6.07, 6.45) is 3.40. The third-order valence-electron chi connectivity index (χ3n) is 2.35. The molecule has 4 nitrogen and oxygen atoms in total. The maximum absolute atomic E-state index is 5.64. The summed E-state index contributed by atoms with van der Waals surface area (Å²) in [6, 6.07) is 0.373. The molecule has 14 heavy (non-hydrogen) atoms. The summed E-state index contributed by atoms with van der Waals surface area (Å²) in [5, 5.41) is 0. The van der Waals surface area contributed by atoms with Crippen molar-refractivity contribution >= 4 is 0 Å². The van der Waals surface area contributed by atoms with Crippen LogP contribution < -0.4 is 5.73 Å². The molecule has 0 heterocycles. The predicted molar refractivity (Wildman–Crippen MR) is 54.3 cm³/mol. The van der Waals surface area contributed by atoms with E-state index in [1.54, 1.807) is 7.11 Å². The van der Waals surface area contributed by atoms with Gasteiger partial charge in [0, 0.05) is 26.4 Å². The molecule has 0 bridgehead atoms. The zero-order chi connectivity index (χ0) is 10.2. The second-order valence-electron chi connectivity index (χ2n) is 3.68. The molecule has 2 N–H and O–H groups in total. The van der Waals surface area contributed by atoms with Crippen molar-refractivity contribution in [2.24, 2.45) is 5.73 Å². The zero-order valence-electron chi connectivity index (χ0n) is 8.91. The van der Waals surface area contributed by atoms with Crippen LogP contribution in [-0.2, 0) is 14.2 Å². The largest absolute Gasteiger partial charge is 0.382 e. The Morgan fingerprint density at radius 1 is 1.14 bits per heavy atom. The van der Waals surface area contributed by atoms with Crippen molar-refractivity contribution in [2.45, 2.75) is 31.4 Å². The van der Waals surface area contributed by atoms with Crippen molar-refractivity contribution in [1.29, 1.82) is 0 Å². The molecule has 1 saturated carbocycles. The molecule has 0 amide bonds. The lowest BCUT2D eigenvalue weighted by Gasteiger charge is -2.32. The predicted octanol–water partition coefficient (Wildman–Crippen LogP) is 0.546. The zero-order valence-corrected chi connectivity index (χ0v) is 8.91. The molecule has 4 heteroatoms. The van der Waals surface area contributed by atoms with Gasteiger partial charge in [-0.25, -0.2) is 0 Å². The molecule has 0 atom stereocenters. The minimum Gasteiger partial charge on any atom is -0.382 e. The molecular weight excluding hydrogens is 182 g/mol. The normalized spacial score (nSPS) is 26.1. The molecule has 1 fully saturated rings. The monoisotopic (exact) mass is 203 g/mol. The number of hydrogen-bond donors (Lipinski definition) is 1. The topological polar surface area (TPSA) is 53.7 Å². The van der Waals surface area contributed by atoms with E-state index in [1.165, 1.54) is 0 Å². The van der Waals surface area contributed by atoms with E-state index in [0.29, 0.717) is 25.4 Å². The van der Waals surface area contributed by atoms with Gasteiger partial charge in [0.25, 0.3) is 0 Å². The Bertz CT molecular complexity index is 137. The van der Waals surface area contributed by atoms with Gasteiger partial charge in [0.1, 0.15) is 0 Å². The molecule has 84 valence electrons. The average Bonchev–Trinajstić information content (AvgIpc) is 2.13. The molecule has 0 spiro atoms. The van der Waals surface area contributed by atoms with Crippen LogP contribution in [0.2, 0.25) is 0 Å². The summed E-state index contributed by atoms with van der Waals surface area (Å²) in [5.41, 5.74) is 5.64. The molecule has 0 aliphatic heterocycles. The van der Waals surface area contributed by atoms with E-state index in [0.717, 1.165) is 32.5 Å². The van der Waals surface area contributed by atoms with Crippen molar-refractivity contribution in [1.82, 2.24) is 0 Å². The van der Waals surface area contributed by atoms with Crippen molar-refractivity contribution in [3.8, 4) is 0 Å². The van der Waals surface area contributed by atoms with Crippen LogP contribution in [0.3, 0.4) is 0 Å². The van der Waals surface area contributed by atoms with Gasteiger partial charge in [-0.3, -0.25) is 0 Å². The van der Waals surface area contributed by atoms with Crippen molar-refractivity contribution < 1.29 is 14.2 Å². The Hall–Kier alpha value is -0.160. The van der Waals surface area contributed by atoms with Gasteiger partial charge in [-0.05, 0) is 19.3 Å². The maximum Gasteiger partial charge on any atom is 0.0700 e. The number of hydrogen-bond acceptors (Lipinski definition) is 4. The quantitative estimate of drug-likeness (QED) is 0.585. The molecule has 0 aromatic rings. The lowest BCUT2D eigenvalue weighted by molar-refractivity contribution is -0.0199. The average molecular weight is 203 g/mol. The van der Waals surface area contributed by atoms with Crippen LogP contribution >= 0.6 is 0 Å². The Labute approximate surface area is 85.7 Å². The Morgan fingerprint density at radius 3 is 2.57 bits per heavy atom. The second-order valence-corrected chi connectivity index (χ2v) is 3.68.